The molecular weight excluding hydrogens is 348 g/mol. The van der Waals surface area contributed by atoms with Gasteiger partial charge in [0.05, 0.1) is 0 Å². The first-order chi connectivity index (χ1) is 12.0. The second kappa shape index (κ2) is 7.69. The molecule has 0 unspecified atom stereocenters. The topological polar surface area (TPSA) is 82.2 Å². The first kappa shape index (κ1) is 20.3. The standard InChI is InChI=1S/C20H27ClN4O/c1-19(2)9-17(23)10-20(3,4)25(19)13-15(11-22)18(26)24-12-14-5-7-16(21)8-6-14/h5-8,13,17H,9-10,12,23H2,1-4H3,(H,24,26)/b15-13-. The van der Waals surface area contributed by atoms with Crippen LogP contribution < -0.4 is 11.1 Å². The number of hydrogen-bond donors (Lipinski definition) is 2. The van der Waals surface area contributed by atoms with Crippen molar-refractivity contribution >= 4 is 17.5 Å². The number of likely N-dealkylation sites (tertiary alicyclic amines) is 1. The van der Waals surface area contributed by atoms with Crippen LogP contribution in [-0.2, 0) is 11.3 Å². The van der Waals surface area contributed by atoms with Crippen LogP contribution in [0.15, 0.2) is 36.0 Å². The van der Waals surface area contributed by atoms with Gasteiger partial charge in [0.1, 0.15) is 11.6 Å². The van der Waals surface area contributed by atoms with Crippen molar-refractivity contribution in [3.05, 3.63) is 46.6 Å². The minimum absolute atomic E-state index is 0.0931. The molecule has 3 N–H and O–H groups in total. The number of rotatable bonds is 4. The Morgan fingerprint density at radius 3 is 2.35 bits per heavy atom. The minimum Gasteiger partial charge on any atom is -0.366 e. The molecule has 1 amide bonds. The van der Waals surface area contributed by atoms with E-state index in [0.29, 0.717) is 11.6 Å². The molecule has 1 aliphatic rings. The molecular formula is C20H27ClN4O. The first-order valence-corrected chi connectivity index (χ1v) is 9.12. The van der Waals surface area contributed by atoms with Crippen LogP contribution in [0.25, 0.3) is 0 Å². The number of nitriles is 1. The Hall–Kier alpha value is -2.03. The van der Waals surface area contributed by atoms with Crippen molar-refractivity contribution in [2.75, 3.05) is 0 Å². The Morgan fingerprint density at radius 2 is 1.85 bits per heavy atom. The van der Waals surface area contributed by atoms with Gasteiger partial charge in [-0.05, 0) is 58.2 Å². The molecule has 1 fully saturated rings. The summed E-state index contributed by atoms with van der Waals surface area (Å²) in [5, 5.41) is 12.9. The zero-order chi connectivity index (χ0) is 19.5. The van der Waals surface area contributed by atoms with E-state index in [2.05, 4.69) is 37.9 Å². The summed E-state index contributed by atoms with van der Waals surface area (Å²) in [5.74, 6) is -0.385. The highest BCUT2D eigenvalue weighted by molar-refractivity contribution is 6.30. The fraction of sp³-hybridized carbons (Fsp3) is 0.500. The minimum atomic E-state index is -0.385. The van der Waals surface area contributed by atoms with Gasteiger partial charge >= 0.3 is 0 Å². The van der Waals surface area contributed by atoms with E-state index in [-0.39, 0.29) is 28.6 Å². The summed E-state index contributed by atoms with van der Waals surface area (Å²) in [5.41, 5.74) is 6.73. The van der Waals surface area contributed by atoms with Crippen LogP contribution in [0.1, 0.15) is 46.1 Å². The quantitative estimate of drug-likeness (QED) is 0.625. The number of nitrogens with zero attached hydrogens (tertiary/aromatic N) is 2. The number of carbonyl (C=O) groups is 1. The summed E-state index contributed by atoms with van der Waals surface area (Å²) < 4.78 is 0. The highest BCUT2D eigenvalue weighted by Gasteiger charge is 2.43. The van der Waals surface area contributed by atoms with E-state index in [1.807, 2.05) is 18.2 Å². The van der Waals surface area contributed by atoms with Gasteiger partial charge in [0.2, 0.25) is 0 Å². The summed E-state index contributed by atoms with van der Waals surface area (Å²) >= 11 is 5.87. The molecule has 1 aliphatic heterocycles. The van der Waals surface area contributed by atoms with Crippen LogP contribution in [0.2, 0.25) is 5.02 Å². The average molecular weight is 375 g/mol. The van der Waals surface area contributed by atoms with E-state index in [0.717, 1.165) is 18.4 Å². The lowest BCUT2D eigenvalue weighted by molar-refractivity contribution is -0.117. The molecule has 1 aromatic rings. The summed E-state index contributed by atoms with van der Waals surface area (Å²) in [7, 11) is 0. The van der Waals surface area contributed by atoms with Gasteiger partial charge in [-0.15, -0.1) is 0 Å². The number of hydrogen-bond acceptors (Lipinski definition) is 4. The lowest BCUT2D eigenvalue weighted by Gasteiger charge is -2.54. The summed E-state index contributed by atoms with van der Waals surface area (Å²) in [6.45, 7) is 8.69. The van der Waals surface area contributed by atoms with Gasteiger partial charge < -0.3 is 16.0 Å². The number of halogens is 1. The van der Waals surface area contributed by atoms with Crippen molar-refractivity contribution in [1.29, 1.82) is 5.26 Å². The van der Waals surface area contributed by atoms with E-state index < -0.39 is 0 Å². The zero-order valence-corrected chi connectivity index (χ0v) is 16.6. The van der Waals surface area contributed by atoms with Gasteiger partial charge in [0.15, 0.2) is 0 Å². The smallest absolute Gasteiger partial charge is 0.263 e. The third kappa shape index (κ3) is 4.78. The van der Waals surface area contributed by atoms with Crippen molar-refractivity contribution < 1.29 is 4.79 Å². The number of piperidine rings is 1. The summed E-state index contributed by atoms with van der Waals surface area (Å²) in [6, 6.07) is 9.37. The maximum absolute atomic E-state index is 12.5. The van der Waals surface area contributed by atoms with Gasteiger partial charge in [-0.3, -0.25) is 4.79 Å². The van der Waals surface area contributed by atoms with Crippen LogP contribution in [0.5, 0.6) is 0 Å². The molecule has 0 aromatic heterocycles. The van der Waals surface area contributed by atoms with Crippen molar-refractivity contribution in [1.82, 2.24) is 10.2 Å². The Morgan fingerprint density at radius 1 is 1.31 bits per heavy atom. The van der Waals surface area contributed by atoms with Crippen LogP contribution in [-0.4, -0.2) is 27.9 Å². The highest BCUT2D eigenvalue weighted by atomic mass is 35.5. The maximum atomic E-state index is 12.5. The fourth-order valence-corrected chi connectivity index (χ4v) is 3.99. The van der Waals surface area contributed by atoms with Gasteiger partial charge in [0, 0.05) is 34.9 Å². The summed E-state index contributed by atoms with van der Waals surface area (Å²) in [4.78, 5) is 14.6. The molecule has 0 saturated carbocycles. The molecule has 26 heavy (non-hydrogen) atoms. The van der Waals surface area contributed by atoms with Gasteiger partial charge in [0.25, 0.3) is 5.91 Å². The monoisotopic (exact) mass is 374 g/mol. The lowest BCUT2D eigenvalue weighted by atomic mass is 9.77. The van der Waals surface area contributed by atoms with Crippen LogP contribution in [0.4, 0.5) is 0 Å². The maximum Gasteiger partial charge on any atom is 0.263 e. The second-order valence-electron chi connectivity index (χ2n) is 8.13. The Balaban J connectivity index is 2.16. The van der Waals surface area contributed by atoms with Crippen molar-refractivity contribution in [2.24, 2.45) is 5.73 Å². The molecule has 5 nitrogen and oxygen atoms in total. The number of amides is 1. The normalized spacial score (nSPS) is 19.7. The number of carbonyl (C=O) groups excluding carboxylic acids is 1. The third-order valence-electron chi connectivity index (χ3n) is 4.82. The van der Waals surface area contributed by atoms with E-state index in [1.165, 1.54) is 0 Å². The molecule has 0 atom stereocenters. The predicted molar refractivity (Wildman–Crippen MR) is 104 cm³/mol. The number of nitrogens with one attached hydrogen (secondary N) is 1. The first-order valence-electron chi connectivity index (χ1n) is 8.75. The molecule has 1 aromatic carbocycles. The van der Waals surface area contributed by atoms with Gasteiger partial charge in [-0.25, -0.2) is 0 Å². The number of benzene rings is 1. The molecule has 0 spiro atoms. The SMILES string of the molecule is CC1(C)CC(N)CC(C)(C)N1/C=C(/C#N)C(=O)NCc1ccc(Cl)cc1. The fourth-order valence-electron chi connectivity index (χ4n) is 3.87. The average Bonchev–Trinajstić information content (AvgIpc) is 2.52. The molecule has 2 rings (SSSR count). The number of nitrogens with two attached hydrogens (primary N) is 1. The van der Waals surface area contributed by atoms with E-state index in [1.54, 1.807) is 18.3 Å². The van der Waals surface area contributed by atoms with Crippen LogP contribution >= 0.6 is 11.6 Å². The van der Waals surface area contributed by atoms with Crippen molar-refractivity contribution in [3.8, 4) is 6.07 Å². The Kier molecular flexibility index (Phi) is 6.00. The van der Waals surface area contributed by atoms with Crippen molar-refractivity contribution in [2.45, 2.75) is 64.2 Å². The zero-order valence-electron chi connectivity index (χ0n) is 15.8. The molecule has 140 valence electrons. The lowest BCUT2D eigenvalue weighted by Crippen LogP contribution is -2.61. The largest absolute Gasteiger partial charge is 0.366 e. The Bertz CT molecular complexity index is 713. The second-order valence-corrected chi connectivity index (χ2v) is 8.56. The molecule has 0 aliphatic carbocycles. The van der Waals surface area contributed by atoms with Gasteiger partial charge in [-0.1, -0.05) is 23.7 Å². The van der Waals surface area contributed by atoms with E-state index in [9.17, 15) is 10.1 Å². The van der Waals surface area contributed by atoms with Crippen LogP contribution in [0.3, 0.4) is 0 Å². The molecule has 1 saturated heterocycles. The Labute approximate surface area is 160 Å². The molecule has 6 heteroatoms. The molecule has 0 bridgehead atoms. The summed E-state index contributed by atoms with van der Waals surface area (Å²) in [6.07, 6.45) is 3.29. The predicted octanol–water partition coefficient (Wildman–Crippen LogP) is 3.34. The van der Waals surface area contributed by atoms with E-state index in [4.69, 9.17) is 17.3 Å². The van der Waals surface area contributed by atoms with Crippen molar-refractivity contribution in [3.63, 3.8) is 0 Å². The highest BCUT2D eigenvalue weighted by Crippen LogP contribution is 2.38. The molecule has 1 heterocycles. The molecule has 0 radical (unpaired) electrons. The third-order valence-corrected chi connectivity index (χ3v) is 5.07. The van der Waals surface area contributed by atoms with Crippen LogP contribution in [0, 0.1) is 11.3 Å². The van der Waals surface area contributed by atoms with E-state index >= 15 is 0 Å². The van der Waals surface area contributed by atoms with Gasteiger partial charge in [-0.2, -0.15) is 5.26 Å².